The van der Waals surface area contributed by atoms with Crippen molar-refractivity contribution in [3.63, 3.8) is 0 Å². The summed E-state index contributed by atoms with van der Waals surface area (Å²) in [6.45, 7) is 3.72. The average molecular weight is 460 g/mol. The molecule has 0 unspecified atom stereocenters. The Morgan fingerprint density at radius 1 is 1.09 bits per heavy atom. The number of likely N-dealkylation sites (tertiary alicyclic amines) is 1. The minimum absolute atomic E-state index is 0.0691. The van der Waals surface area contributed by atoms with Crippen LogP contribution in [0.5, 0.6) is 0 Å². The summed E-state index contributed by atoms with van der Waals surface area (Å²) in [4.78, 5) is 27.1. The second-order valence-corrected chi connectivity index (χ2v) is 9.55. The van der Waals surface area contributed by atoms with Crippen LogP contribution in [0.2, 0.25) is 0 Å². The number of ether oxygens (including phenoxy) is 1. The number of amides is 2. The van der Waals surface area contributed by atoms with E-state index in [1.165, 1.54) is 0 Å². The van der Waals surface area contributed by atoms with Crippen molar-refractivity contribution in [1.82, 2.24) is 10.2 Å². The van der Waals surface area contributed by atoms with E-state index in [9.17, 15) is 18.0 Å². The summed E-state index contributed by atoms with van der Waals surface area (Å²) in [5, 5.41) is 2.83. The third kappa shape index (κ3) is 6.08. The molecule has 2 amide bonds. The Bertz CT molecular complexity index is 1040. The Balaban J connectivity index is 1.62. The molecule has 1 aliphatic rings. The number of nitrogens with one attached hydrogen (secondary N) is 2. The molecule has 9 heteroatoms. The number of carbonyl (C=O) groups is 2. The van der Waals surface area contributed by atoms with Crippen LogP contribution in [0.25, 0.3) is 0 Å². The number of hydrogen-bond donors (Lipinski definition) is 2. The van der Waals surface area contributed by atoms with Crippen LogP contribution in [0.4, 0.5) is 5.69 Å². The predicted molar refractivity (Wildman–Crippen MR) is 122 cm³/mol. The highest BCUT2D eigenvalue weighted by Crippen LogP contribution is 2.21. The van der Waals surface area contributed by atoms with E-state index in [4.69, 9.17) is 4.74 Å². The largest absolute Gasteiger partial charge is 0.383 e. The lowest BCUT2D eigenvalue weighted by Gasteiger charge is -2.32. The van der Waals surface area contributed by atoms with Crippen molar-refractivity contribution in [1.29, 1.82) is 0 Å². The molecule has 0 aliphatic carbocycles. The van der Waals surface area contributed by atoms with Gasteiger partial charge in [0.05, 0.1) is 17.4 Å². The number of aryl methyl sites for hydroxylation is 1. The zero-order valence-electron chi connectivity index (χ0n) is 18.3. The number of piperidine rings is 1. The van der Waals surface area contributed by atoms with Gasteiger partial charge in [-0.25, -0.2) is 8.42 Å². The number of carbonyl (C=O) groups excluding carboxylic acids is 2. The van der Waals surface area contributed by atoms with Crippen molar-refractivity contribution >= 4 is 27.5 Å². The molecular weight excluding hydrogens is 430 g/mol. The van der Waals surface area contributed by atoms with Gasteiger partial charge in [0, 0.05) is 38.0 Å². The van der Waals surface area contributed by atoms with Crippen LogP contribution in [0, 0.1) is 12.8 Å². The molecule has 1 fully saturated rings. The van der Waals surface area contributed by atoms with Gasteiger partial charge in [0.1, 0.15) is 0 Å². The third-order valence-electron chi connectivity index (χ3n) is 5.40. The maximum absolute atomic E-state index is 12.9. The molecule has 32 heavy (non-hydrogen) atoms. The van der Waals surface area contributed by atoms with Crippen LogP contribution in [0.15, 0.2) is 53.4 Å². The molecule has 1 atom stereocenters. The van der Waals surface area contributed by atoms with Crippen LogP contribution >= 0.6 is 0 Å². The topological polar surface area (TPSA) is 105 Å². The maximum Gasteiger partial charge on any atom is 0.261 e. The Kier molecular flexibility index (Phi) is 7.87. The highest BCUT2D eigenvalue weighted by Gasteiger charge is 2.28. The average Bonchev–Trinajstić information content (AvgIpc) is 2.79. The molecular formula is C23H29N3O5S. The first-order valence-electron chi connectivity index (χ1n) is 10.6. The van der Waals surface area contributed by atoms with Gasteiger partial charge in [0.25, 0.3) is 15.9 Å². The van der Waals surface area contributed by atoms with Crippen LogP contribution in [-0.4, -0.2) is 58.5 Å². The molecule has 3 rings (SSSR count). The summed E-state index contributed by atoms with van der Waals surface area (Å²) in [6, 6.07) is 12.9. The van der Waals surface area contributed by atoms with Crippen molar-refractivity contribution in [2.45, 2.75) is 24.7 Å². The summed E-state index contributed by atoms with van der Waals surface area (Å²) >= 11 is 0. The van der Waals surface area contributed by atoms with E-state index in [0.717, 1.165) is 18.4 Å². The smallest absolute Gasteiger partial charge is 0.261 e. The van der Waals surface area contributed by atoms with Gasteiger partial charge in [-0.15, -0.1) is 0 Å². The van der Waals surface area contributed by atoms with E-state index in [2.05, 4.69) is 10.0 Å². The first-order chi connectivity index (χ1) is 15.3. The SMILES string of the molecule is COCCNC(=O)[C@@H]1CCCN(C(=O)c2ccc(NS(=O)(=O)c3ccc(C)cc3)cc2)C1. The van der Waals surface area contributed by atoms with Gasteiger partial charge in [-0.1, -0.05) is 17.7 Å². The normalized spacial score (nSPS) is 16.4. The van der Waals surface area contributed by atoms with E-state index in [0.29, 0.717) is 37.5 Å². The lowest BCUT2D eigenvalue weighted by molar-refractivity contribution is -0.126. The highest BCUT2D eigenvalue weighted by atomic mass is 32.2. The number of sulfonamides is 1. The molecule has 0 radical (unpaired) electrons. The van der Waals surface area contributed by atoms with Crippen LogP contribution in [-0.2, 0) is 19.6 Å². The van der Waals surface area contributed by atoms with Gasteiger partial charge >= 0.3 is 0 Å². The monoisotopic (exact) mass is 459 g/mol. The van der Waals surface area contributed by atoms with E-state index in [-0.39, 0.29) is 22.6 Å². The van der Waals surface area contributed by atoms with Crippen molar-refractivity contribution in [2.24, 2.45) is 5.92 Å². The van der Waals surface area contributed by atoms with Crippen molar-refractivity contribution in [3.8, 4) is 0 Å². The molecule has 1 aliphatic heterocycles. The number of anilines is 1. The predicted octanol–water partition coefficient (Wildman–Crippen LogP) is 2.41. The molecule has 0 bridgehead atoms. The number of hydrogen-bond acceptors (Lipinski definition) is 5. The second kappa shape index (κ2) is 10.6. The number of methoxy groups -OCH3 is 1. The van der Waals surface area contributed by atoms with Crippen LogP contribution in [0.1, 0.15) is 28.8 Å². The van der Waals surface area contributed by atoms with Crippen molar-refractivity contribution < 1.29 is 22.7 Å². The Labute approximate surface area is 189 Å². The molecule has 0 saturated carbocycles. The van der Waals surface area contributed by atoms with Crippen molar-refractivity contribution in [2.75, 3.05) is 38.1 Å². The summed E-state index contributed by atoms with van der Waals surface area (Å²) in [7, 11) is -2.13. The minimum atomic E-state index is -3.71. The number of rotatable bonds is 8. The number of nitrogens with zero attached hydrogens (tertiary/aromatic N) is 1. The lowest BCUT2D eigenvalue weighted by atomic mass is 9.96. The highest BCUT2D eigenvalue weighted by molar-refractivity contribution is 7.92. The van der Waals surface area contributed by atoms with Crippen LogP contribution in [0.3, 0.4) is 0 Å². The molecule has 0 spiro atoms. The fraction of sp³-hybridized carbons (Fsp3) is 0.391. The van der Waals surface area contributed by atoms with Gasteiger partial charge < -0.3 is 15.0 Å². The molecule has 2 aromatic rings. The van der Waals surface area contributed by atoms with Gasteiger partial charge in [-0.05, 0) is 56.2 Å². The summed E-state index contributed by atoms with van der Waals surface area (Å²) in [6.07, 6.45) is 1.49. The summed E-state index contributed by atoms with van der Waals surface area (Å²) < 4.78 is 32.6. The summed E-state index contributed by atoms with van der Waals surface area (Å²) in [5.74, 6) is -0.488. The van der Waals surface area contributed by atoms with E-state index in [1.807, 2.05) is 6.92 Å². The van der Waals surface area contributed by atoms with E-state index < -0.39 is 10.0 Å². The molecule has 0 aromatic heterocycles. The second-order valence-electron chi connectivity index (χ2n) is 7.87. The molecule has 8 nitrogen and oxygen atoms in total. The zero-order valence-corrected chi connectivity index (χ0v) is 19.2. The van der Waals surface area contributed by atoms with Crippen molar-refractivity contribution in [3.05, 3.63) is 59.7 Å². The van der Waals surface area contributed by atoms with Gasteiger partial charge in [-0.3, -0.25) is 14.3 Å². The standard InChI is InChI=1S/C23H29N3O5S/c1-17-5-11-21(12-6-17)32(29,30)25-20-9-7-18(8-10-20)23(28)26-14-3-4-19(16-26)22(27)24-13-15-31-2/h5-12,19,25H,3-4,13-16H2,1-2H3,(H,24,27)/t19-/m1/s1. The molecule has 2 N–H and O–H groups in total. The lowest BCUT2D eigenvalue weighted by Crippen LogP contribution is -2.45. The molecule has 1 heterocycles. The quantitative estimate of drug-likeness (QED) is 0.590. The Morgan fingerprint density at radius 3 is 2.44 bits per heavy atom. The minimum Gasteiger partial charge on any atom is -0.383 e. The van der Waals surface area contributed by atoms with E-state index in [1.54, 1.807) is 60.5 Å². The van der Waals surface area contributed by atoms with Gasteiger partial charge in [-0.2, -0.15) is 0 Å². The Hall–Kier alpha value is -2.91. The molecule has 172 valence electrons. The maximum atomic E-state index is 12.9. The fourth-order valence-corrected chi connectivity index (χ4v) is 4.65. The summed E-state index contributed by atoms with van der Waals surface area (Å²) in [5.41, 5.74) is 1.79. The number of benzene rings is 2. The third-order valence-corrected chi connectivity index (χ3v) is 6.80. The van der Waals surface area contributed by atoms with Gasteiger partial charge in [0.2, 0.25) is 5.91 Å². The fourth-order valence-electron chi connectivity index (χ4n) is 3.59. The first-order valence-corrected chi connectivity index (χ1v) is 12.0. The van der Waals surface area contributed by atoms with Gasteiger partial charge in [0.15, 0.2) is 0 Å². The van der Waals surface area contributed by atoms with Crippen LogP contribution < -0.4 is 10.0 Å². The Morgan fingerprint density at radius 2 is 1.78 bits per heavy atom. The first kappa shape index (κ1) is 23.7. The zero-order chi connectivity index (χ0) is 23.1. The molecule has 1 saturated heterocycles. The van der Waals surface area contributed by atoms with E-state index >= 15 is 0 Å². The molecule has 2 aromatic carbocycles.